The first-order valence-electron chi connectivity index (χ1n) is 7.05. The van der Waals surface area contributed by atoms with Crippen LogP contribution in [0.5, 0.6) is 0 Å². The summed E-state index contributed by atoms with van der Waals surface area (Å²) in [5, 5.41) is 0.150. The molecule has 114 valence electrons. The lowest BCUT2D eigenvalue weighted by Crippen LogP contribution is -2.49. The van der Waals surface area contributed by atoms with E-state index in [-0.39, 0.29) is 10.9 Å². The average Bonchev–Trinajstić information content (AvgIpc) is 2.55. The first-order valence-corrected chi connectivity index (χ1v) is 7.43. The van der Waals surface area contributed by atoms with Crippen molar-refractivity contribution in [3.63, 3.8) is 0 Å². The van der Waals surface area contributed by atoms with Crippen LogP contribution in [0.15, 0.2) is 42.6 Å². The molecular weight excluding hydrogens is 305 g/mol. The van der Waals surface area contributed by atoms with Gasteiger partial charge in [0.05, 0.1) is 10.6 Å². The molecule has 3 rings (SSSR count). The van der Waals surface area contributed by atoms with E-state index in [2.05, 4.69) is 9.88 Å². The Kier molecular flexibility index (Phi) is 4.24. The Bertz CT molecular complexity index is 672. The van der Waals surface area contributed by atoms with Gasteiger partial charge in [-0.2, -0.15) is 0 Å². The number of carbonyl (C=O) groups excluding carboxylic acids is 1. The Morgan fingerprint density at radius 2 is 1.91 bits per heavy atom. The zero-order valence-electron chi connectivity index (χ0n) is 11.9. The third-order valence-electron chi connectivity index (χ3n) is 3.70. The van der Waals surface area contributed by atoms with E-state index in [9.17, 15) is 9.18 Å². The highest BCUT2D eigenvalue weighted by molar-refractivity contribution is 6.33. The van der Waals surface area contributed by atoms with E-state index in [1.807, 2.05) is 18.2 Å². The zero-order chi connectivity index (χ0) is 15.5. The van der Waals surface area contributed by atoms with Gasteiger partial charge in [0.25, 0.3) is 5.91 Å². The summed E-state index contributed by atoms with van der Waals surface area (Å²) in [5.74, 6) is 0.307. The van der Waals surface area contributed by atoms with Crippen molar-refractivity contribution in [3.05, 3.63) is 59.0 Å². The maximum absolute atomic E-state index is 13.1. The summed E-state index contributed by atoms with van der Waals surface area (Å²) >= 11 is 5.96. The molecule has 1 fully saturated rings. The van der Waals surface area contributed by atoms with E-state index in [0.29, 0.717) is 31.7 Å². The van der Waals surface area contributed by atoms with Crippen molar-refractivity contribution in [2.24, 2.45) is 0 Å². The van der Waals surface area contributed by atoms with Crippen molar-refractivity contribution in [2.75, 3.05) is 31.1 Å². The lowest BCUT2D eigenvalue weighted by Gasteiger charge is -2.35. The monoisotopic (exact) mass is 319 g/mol. The summed E-state index contributed by atoms with van der Waals surface area (Å²) in [7, 11) is 0. The fourth-order valence-corrected chi connectivity index (χ4v) is 2.76. The molecule has 6 heteroatoms. The van der Waals surface area contributed by atoms with Gasteiger partial charge in [0.2, 0.25) is 0 Å². The molecule has 0 atom stereocenters. The van der Waals surface area contributed by atoms with Crippen LogP contribution in [0.3, 0.4) is 0 Å². The molecular formula is C16H15ClFN3O. The van der Waals surface area contributed by atoms with Crippen LogP contribution < -0.4 is 4.90 Å². The van der Waals surface area contributed by atoms with Crippen LogP contribution in [0.4, 0.5) is 10.2 Å². The molecule has 0 saturated carbocycles. The molecule has 0 spiro atoms. The van der Waals surface area contributed by atoms with E-state index in [1.54, 1.807) is 11.1 Å². The van der Waals surface area contributed by atoms with E-state index < -0.39 is 5.82 Å². The average molecular weight is 320 g/mol. The minimum absolute atomic E-state index is 0.150. The highest BCUT2D eigenvalue weighted by Gasteiger charge is 2.24. The summed E-state index contributed by atoms with van der Waals surface area (Å²) in [5.41, 5.74) is 0.342. The lowest BCUT2D eigenvalue weighted by molar-refractivity contribution is 0.0746. The first-order chi connectivity index (χ1) is 10.6. The quantitative estimate of drug-likeness (QED) is 0.854. The van der Waals surface area contributed by atoms with Crippen molar-refractivity contribution < 1.29 is 9.18 Å². The smallest absolute Gasteiger partial charge is 0.255 e. The topological polar surface area (TPSA) is 36.4 Å². The number of hydrogen-bond donors (Lipinski definition) is 0. The molecule has 0 unspecified atom stereocenters. The van der Waals surface area contributed by atoms with Crippen LogP contribution in [0.2, 0.25) is 5.02 Å². The molecule has 0 bridgehead atoms. The highest BCUT2D eigenvalue weighted by Crippen LogP contribution is 2.20. The van der Waals surface area contributed by atoms with Gasteiger partial charge in [0.1, 0.15) is 11.6 Å². The van der Waals surface area contributed by atoms with Gasteiger partial charge in [-0.15, -0.1) is 0 Å². The summed E-state index contributed by atoms with van der Waals surface area (Å²) < 4.78 is 13.1. The second-order valence-electron chi connectivity index (χ2n) is 5.09. The molecule has 0 radical (unpaired) electrons. The molecule has 1 saturated heterocycles. The van der Waals surface area contributed by atoms with Gasteiger partial charge < -0.3 is 9.80 Å². The van der Waals surface area contributed by atoms with E-state index in [4.69, 9.17) is 11.6 Å². The second-order valence-corrected chi connectivity index (χ2v) is 5.50. The summed E-state index contributed by atoms with van der Waals surface area (Å²) in [6.45, 7) is 2.59. The maximum Gasteiger partial charge on any atom is 0.255 e. The van der Waals surface area contributed by atoms with E-state index in [1.165, 1.54) is 18.2 Å². The van der Waals surface area contributed by atoms with Gasteiger partial charge in [0.15, 0.2) is 0 Å². The number of nitrogens with zero attached hydrogens (tertiary/aromatic N) is 3. The van der Waals surface area contributed by atoms with Crippen LogP contribution in [-0.2, 0) is 0 Å². The van der Waals surface area contributed by atoms with Crippen molar-refractivity contribution >= 4 is 23.3 Å². The predicted molar refractivity (Wildman–Crippen MR) is 83.8 cm³/mol. The number of rotatable bonds is 2. The third-order valence-corrected chi connectivity index (χ3v) is 4.01. The van der Waals surface area contributed by atoms with Gasteiger partial charge in [-0.25, -0.2) is 9.37 Å². The fraction of sp³-hybridized carbons (Fsp3) is 0.250. The number of pyridine rings is 1. The Balaban J connectivity index is 1.67. The SMILES string of the molecule is O=C(c1ccc(F)cc1Cl)N1CCN(c2ccccn2)CC1. The Hall–Kier alpha value is -2.14. The summed E-state index contributed by atoms with van der Waals surface area (Å²) in [4.78, 5) is 20.6. The van der Waals surface area contributed by atoms with E-state index in [0.717, 1.165) is 5.82 Å². The number of carbonyl (C=O) groups is 1. The predicted octanol–water partition coefficient (Wildman–Crippen LogP) is 2.84. The molecule has 2 heterocycles. The number of hydrogen-bond acceptors (Lipinski definition) is 3. The molecule has 1 aliphatic heterocycles. The molecule has 1 aliphatic rings. The summed E-state index contributed by atoms with van der Waals surface area (Å²) in [6, 6.07) is 9.62. The second kappa shape index (κ2) is 6.32. The van der Waals surface area contributed by atoms with Crippen molar-refractivity contribution in [2.45, 2.75) is 0 Å². The highest BCUT2D eigenvalue weighted by atomic mass is 35.5. The van der Waals surface area contributed by atoms with Gasteiger partial charge >= 0.3 is 0 Å². The van der Waals surface area contributed by atoms with Crippen molar-refractivity contribution in [3.8, 4) is 0 Å². The van der Waals surface area contributed by atoms with E-state index >= 15 is 0 Å². The molecule has 22 heavy (non-hydrogen) atoms. The van der Waals surface area contributed by atoms with Gasteiger partial charge in [0, 0.05) is 32.4 Å². The van der Waals surface area contributed by atoms with Crippen LogP contribution in [-0.4, -0.2) is 42.0 Å². The number of anilines is 1. The van der Waals surface area contributed by atoms with Crippen LogP contribution in [0.1, 0.15) is 10.4 Å². The Morgan fingerprint density at radius 1 is 1.14 bits per heavy atom. The minimum Gasteiger partial charge on any atom is -0.353 e. The van der Waals surface area contributed by atoms with Gasteiger partial charge in [-0.05, 0) is 30.3 Å². The number of halogens is 2. The molecule has 0 N–H and O–H groups in total. The lowest BCUT2D eigenvalue weighted by atomic mass is 10.1. The molecule has 2 aromatic rings. The molecule has 1 aromatic carbocycles. The number of benzene rings is 1. The fourth-order valence-electron chi connectivity index (χ4n) is 2.51. The molecule has 1 amide bonds. The minimum atomic E-state index is -0.443. The normalized spacial score (nSPS) is 15.0. The number of aromatic nitrogens is 1. The van der Waals surface area contributed by atoms with Crippen molar-refractivity contribution in [1.82, 2.24) is 9.88 Å². The maximum atomic E-state index is 13.1. The standard InChI is InChI=1S/C16H15ClFN3O/c17-14-11-12(18)4-5-13(14)16(22)21-9-7-20(8-10-21)15-3-1-2-6-19-15/h1-6,11H,7-10H2. The van der Waals surface area contributed by atoms with Crippen LogP contribution >= 0.6 is 11.6 Å². The van der Waals surface area contributed by atoms with Gasteiger partial charge in [-0.3, -0.25) is 4.79 Å². The molecule has 1 aromatic heterocycles. The molecule has 0 aliphatic carbocycles. The van der Waals surface area contributed by atoms with Crippen LogP contribution in [0, 0.1) is 5.82 Å². The zero-order valence-corrected chi connectivity index (χ0v) is 12.6. The van der Waals surface area contributed by atoms with Gasteiger partial charge in [-0.1, -0.05) is 17.7 Å². The van der Waals surface area contributed by atoms with Crippen molar-refractivity contribution in [1.29, 1.82) is 0 Å². The van der Waals surface area contributed by atoms with Crippen LogP contribution in [0.25, 0.3) is 0 Å². The Labute approximate surface area is 133 Å². The third kappa shape index (κ3) is 3.04. The largest absolute Gasteiger partial charge is 0.353 e. The number of amides is 1. The summed E-state index contributed by atoms with van der Waals surface area (Å²) in [6.07, 6.45) is 1.76. The first kappa shape index (κ1) is 14.8. The Morgan fingerprint density at radius 3 is 2.55 bits per heavy atom. The number of piperazine rings is 1. The molecule has 4 nitrogen and oxygen atoms in total.